The summed E-state index contributed by atoms with van der Waals surface area (Å²) in [5.74, 6) is 0. The Bertz CT molecular complexity index is 120. The topological polar surface area (TPSA) is 23.6 Å². The Morgan fingerprint density at radius 3 is 1.64 bits per heavy atom. The smallest absolute Gasteiger partial charge is 0.319 e. The minimum atomic E-state index is 0.130. The lowest BCUT2D eigenvalue weighted by atomic mass is 10.6. The van der Waals surface area contributed by atoms with Gasteiger partial charge in [0.15, 0.2) is 0 Å². The highest BCUT2D eigenvalue weighted by molar-refractivity contribution is 6.40. The molecule has 2 amide bonds. The lowest BCUT2D eigenvalue weighted by Crippen LogP contribution is -2.25. The molecular formula is C6H12Cl2N2O. The average Bonchev–Trinajstić information content (AvgIpc) is 2.22. The van der Waals surface area contributed by atoms with Gasteiger partial charge in [0.1, 0.15) is 0 Å². The Morgan fingerprint density at radius 1 is 1.27 bits per heavy atom. The van der Waals surface area contributed by atoms with Gasteiger partial charge in [0, 0.05) is 27.2 Å². The van der Waals surface area contributed by atoms with E-state index in [1.165, 1.54) is 0 Å². The predicted octanol–water partition coefficient (Wildman–Crippen LogP) is 1.41. The van der Waals surface area contributed by atoms with Crippen molar-refractivity contribution in [2.45, 2.75) is 0 Å². The van der Waals surface area contributed by atoms with Gasteiger partial charge < -0.3 is 9.80 Å². The van der Waals surface area contributed by atoms with Crippen molar-refractivity contribution in [3.8, 4) is 0 Å². The van der Waals surface area contributed by atoms with Crippen LogP contribution in [0.3, 0.4) is 0 Å². The van der Waals surface area contributed by atoms with Gasteiger partial charge in [-0.2, -0.15) is 0 Å². The molecule has 1 heterocycles. The average molecular weight is 199 g/mol. The van der Waals surface area contributed by atoms with E-state index in [1.54, 1.807) is 9.80 Å². The van der Waals surface area contributed by atoms with Gasteiger partial charge >= 0.3 is 6.03 Å². The molecule has 5 heteroatoms. The fraction of sp³-hybridized carbons (Fsp3) is 0.833. The molecule has 0 aromatic heterocycles. The first-order valence-electron chi connectivity index (χ1n) is 3.21. The lowest BCUT2D eigenvalue weighted by Gasteiger charge is -2.07. The first-order chi connectivity index (χ1) is 5.13. The number of carbonyl (C=O) groups is 1. The van der Waals surface area contributed by atoms with Gasteiger partial charge in [0.25, 0.3) is 0 Å². The van der Waals surface area contributed by atoms with Crippen molar-refractivity contribution in [3.05, 3.63) is 0 Å². The minimum Gasteiger partial charge on any atom is -0.326 e. The molecule has 3 nitrogen and oxygen atoms in total. The molecule has 1 saturated heterocycles. The van der Waals surface area contributed by atoms with Gasteiger partial charge in [0.2, 0.25) is 0 Å². The van der Waals surface area contributed by atoms with Crippen LogP contribution in [0.5, 0.6) is 0 Å². The summed E-state index contributed by atoms with van der Waals surface area (Å²) in [6.45, 7) is 1.74. The Kier molecular flexibility index (Phi) is 5.42. The van der Waals surface area contributed by atoms with E-state index in [9.17, 15) is 4.79 Å². The third-order valence-electron chi connectivity index (χ3n) is 1.42. The van der Waals surface area contributed by atoms with E-state index in [1.807, 2.05) is 14.1 Å². The highest BCUT2D eigenvalue weighted by Crippen LogP contribution is 2.00. The van der Waals surface area contributed by atoms with E-state index in [0.717, 1.165) is 13.1 Å². The van der Waals surface area contributed by atoms with Crippen LogP contribution >= 0.6 is 23.2 Å². The second-order valence-electron chi connectivity index (χ2n) is 2.23. The van der Waals surface area contributed by atoms with Crippen molar-refractivity contribution in [2.24, 2.45) is 0 Å². The van der Waals surface area contributed by atoms with Gasteiger partial charge in [-0.1, -0.05) is 0 Å². The molecule has 0 unspecified atom stereocenters. The second-order valence-corrected chi connectivity index (χ2v) is 3.03. The zero-order chi connectivity index (χ0) is 8.85. The molecule has 0 atom stereocenters. The summed E-state index contributed by atoms with van der Waals surface area (Å²) in [5.41, 5.74) is 0. The van der Waals surface area contributed by atoms with Crippen molar-refractivity contribution < 1.29 is 4.79 Å². The van der Waals surface area contributed by atoms with Crippen LogP contribution in [0.2, 0.25) is 0 Å². The lowest BCUT2D eigenvalue weighted by molar-refractivity contribution is 0.205. The molecule has 0 aromatic carbocycles. The van der Waals surface area contributed by atoms with Crippen LogP contribution in [0.15, 0.2) is 0 Å². The zero-order valence-corrected chi connectivity index (χ0v) is 8.19. The Hall–Kier alpha value is -0.150. The summed E-state index contributed by atoms with van der Waals surface area (Å²) in [6, 6.07) is 0.130. The van der Waals surface area contributed by atoms with Crippen LogP contribution < -0.4 is 0 Å². The van der Waals surface area contributed by atoms with E-state index < -0.39 is 0 Å². The quantitative estimate of drug-likeness (QED) is 0.541. The predicted molar refractivity (Wildman–Crippen MR) is 47.2 cm³/mol. The number of urea groups is 1. The van der Waals surface area contributed by atoms with Crippen molar-refractivity contribution in [1.82, 2.24) is 9.80 Å². The standard InChI is InChI=1S/C5H10N2O.CH2Cl2/c1-6-3-4-7(2)5(6)8;2-1-3/h3-4H2,1-2H3;1H2. The molecule has 66 valence electrons. The van der Waals surface area contributed by atoms with E-state index in [2.05, 4.69) is 0 Å². The summed E-state index contributed by atoms with van der Waals surface area (Å²) in [4.78, 5) is 14.2. The molecule has 0 N–H and O–H groups in total. The van der Waals surface area contributed by atoms with Crippen LogP contribution in [0.25, 0.3) is 0 Å². The SMILES string of the molecule is CN1CCN(C)C1=O.ClCCl. The maximum atomic E-state index is 10.8. The van der Waals surface area contributed by atoms with Crippen LogP contribution in [0.4, 0.5) is 4.79 Å². The van der Waals surface area contributed by atoms with E-state index in [4.69, 9.17) is 23.2 Å². The van der Waals surface area contributed by atoms with Crippen LogP contribution in [0, 0.1) is 0 Å². The molecule has 11 heavy (non-hydrogen) atoms. The largest absolute Gasteiger partial charge is 0.326 e. The van der Waals surface area contributed by atoms with Gasteiger partial charge in [-0.3, -0.25) is 0 Å². The molecule has 1 aliphatic heterocycles. The van der Waals surface area contributed by atoms with Crippen molar-refractivity contribution in [3.63, 3.8) is 0 Å². The van der Waals surface area contributed by atoms with Crippen LogP contribution in [-0.2, 0) is 0 Å². The molecule has 0 spiro atoms. The summed E-state index contributed by atoms with van der Waals surface area (Å²) < 4.78 is 0. The van der Waals surface area contributed by atoms with Gasteiger partial charge in [-0.15, -0.1) is 23.2 Å². The first-order valence-corrected chi connectivity index (χ1v) is 4.28. The molecule has 0 bridgehead atoms. The number of alkyl halides is 2. The van der Waals surface area contributed by atoms with E-state index in [0.29, 0.717) is 0 Å². The molecule has 1 aliphatic rings. The maximum absolute atomic E-state index is 10.8. The van der Waals surface area contributed by atoms with Gasteiger partial charge in [0.05, 0.1) is 5.34 Å². The fourth-order valence-corrected chi connectivity index (χ4v) is 0.783. The molecule has 0 saturated carbocycles. The number of amides is 2. The molecule has 0 aromatic rings. The molecule has 1 fully saturated rings. The molecule has 1 rings (SSSR count). The summed E-state index contributed by atoms with van der Waals surface area (Å²) in [5, 5.41) is 0.194. The van der Waals surface area contributed by atoms with Crippen LogP contribution in [-0.4, -0.2) is 48.4 Å². The second kappa shape index (κ2) is 5.49. The fourth-order valence-electron chi connectivity index (χ4n) is 0.783. The highest BCUT2D eigenvalue weighted by atomic mass is 35.5. The Labute approximate surface area is 76.9 Å². The molecular weight excluding hydrogens is 187 g/mol. The van der Waals surface area contributed by atoms with Crippen molar-refractivity contribution >= 4 is 29.2 Å². The van der Waals surface area contributed by atoms with Crippen LogP contribution in [0.1, 0.15) is 0 Å². The number of hydrogen-bond acceptors (Lipinski definition) is 1. The number of halogens is 2. The number of hydrogen-bond donors (Lipinski definition) is 0. The number of likely N-dealkylation sites (N-methyl/N-ethyl adjacent to an activating group) is 2. The number of carbonyl (C=O) groups excluding carboxylic acids is 1. The summed E-state index contributed by atoms with van der Waals surface area (Å²) in [7, 11) is 3.62. The summed E-state index contributed by atoms with van der Waals surface area (Å²) >= 11 is 9.53. The van der Waals surface area contributed by atoms with E-state index in [-0.39, 0.29) is 11.4 Å². The summed E-state index contributed by atoms with van der Waals surface area (Å²) in [6.07, 6.45) is 0. The number of rotatable bonds is 0. The monoisotopic (exact) mass is 198 g/mol. The van der Waals surface area contributed by atoms with Gasteiger partial charge in [-0.25, -0.2) is 4.79 Å². The maximum Gasteiger partial charge on any atom is 0.319 e. The molecule has 0 radical (unpaired) electrons. The van der Waals surface area contributed by atoms with E-state index >= 15 is 0 Å². The minimum absolute atomic E-state index is 0.130. The normalized spacial score (nSPS) is 16.5. The van der Waals surface area contributed by atoms with Gasteiger partial charge in [-0.05, 0) is 0 Å². The third kappa shape index (κ3) is 3.68. The molecule has 0 aliphatic carbocycles. The first kappa shape index (κ1) is 10.8. The Balaban J connectivity index is 0.000000292. The Morgan fingerprint density at radius 2 is 1.55 bits per heavy atom. The zero-order valence-electron chi connectivity index (χ0n) is 6.68. The number of nitrogens with zero attached hydrogens (tertiary/aromatic N) is 2. The third-order valence-corrected chi connectivity index (χ3v) is 1.42. The highest BCUT2D eigenvalue weighted by Gasteiger charge is 2.20. The van der Waals surface area contributed by atoms with Crippen molar-refractivity contribution in [1.29, 1.82) is 0 Å². The van der Waals surface area contributed by atoms with Crippen molar-refractivity contribution in [2.75, 3.05) is 32.5 Å².